The molecule has 0 aliphatic carbocycles. The smallest absolute Gasteiger partial charge is 0.345 e. The number of likely N-dealkylation sites (N-methyl/N-ethyl adjacent to an activating group) is 1. The van der Waals surface area contributed by atoms with Gasteiger partial charge in [-0.15, -0.1) is 11.3 Å². The van der Waals surface area contributed by atoms with E-state index in [0.717, 1.165) is 38.4 Å². The molecule has 0 bridgehead atoms. The summed E-state index contributed by atoms with van der Waals surface area (Å²) in [6.45, 7) is 9.78. The first-order chi connectivity index (χ1) is 26.6. The summed E-state index contributed by atoms with van der Waals surface area (Å²) in [5.41, 5.74) is 2.94. The van der Waals surface area contributed by atoms with Crippen molar-refractivity contribution in [2.24, 2.45) is 0 Å². The van der Waals surface area contributed by atoms with Crippen molar-refractivity contribution in [3.8, 4) is 39.1 Å². The number of hydrogen-bond donors (Lipinski definition) is 1. The van der Waals surface area contributed by atoms with Crippen molar-refractivity contribution in [1.82, 2.24) is 29.5 Å². The van der Waals surface area contributed by atoms with E-state index >= 15 is 0 Å². The highest BCUT2D eigenvalue weighted by Crippen LogP contribution is 2.49. The number of furan rings is 1. The molecule has 0 spiro atoms. The van der Waals surface area contributed by atoms with Crippen LogP contribution in [0.3, 0.4) is 0 Å². The van der Waals surface area contributed by atoms with Crippen LogP contribution in [0.2, 0.25) is 5.02 Å². The molecule has 2 aromatic carbocycles. The zero-order valence-corrected chi connectivity index (χ0v) is 31.6. The molecule has 15 heteroatoms. The van der Waals surface area contributed by atoms with Crippen molar-refractivity contribution < 1.29 is 34.3 Å². The van der Waals surface area contributed by atoms with Gasteiger partial charge in [0.05, 0.1) is 21.0 Å². The average Bonchev–Trinajstić information content (AvgIpc) is 3.94. The number of piperazine rings is 1. The molecular formula is C39H40ClFN6O6S. The van der Waals surface area contributed by atoms with Crippen LogP contribution in [0, 0.1) is 12.9 Å². The highest BCUT2D eigenvalue weighted by atomic mass is 35.5. The monoisotopic (exact) mass is 775 g/mol. The lowest BCUT2D eigenvalue weighted by Gasteiger charge is -2.32. The van der Waals surface area contributed by atoms with Gasteiger partial charge < -0.3 is 28.6 Å². The van der Waals surface area contributed by atoms with Crippen molar-refractivity contribution in [2.45, 2.75) is 39.5 Å². The van der Waals surface area contributed by atoms with Crippen LogP contribution in [0.25, 0.3) is 32.0 Å². The minimum absolute atomic E-state index is 0.0764. The number of para-hydroxylation sites is 1. The summed E-state index contributed by atoms with van der Waals surface area (Å²) in [5.74, 6) is -0.380. The number of fused-ring (bicyclic) bond motifs is 1. The van der Waals surface area contributed by atoms with E-state index in [1.807, 2.05) is 26.0 Å². The van der Waals surface area contributed by atoms with Crippen LogP contribution >= 0.6 is 22.9 Å². The van der Waals surface area contributed by atoms with Crippen LogP contribution in [-0.4, -0.2) is 93.1 Å². The van der Waals surface area contributed by atoms with Gasteiger partial charge in [-0.2, -0.15) is 9.49 Å². The fraction of sp³-hybridized carbons (Fsp3) is 0.333. The number of carboxylic acid groups (broad SMARTS) is 1. The summed E-state index contributed by atoms with van der Waals surface area (Å²) in [6, 6.07) is 14.2. The molecule has 1 fully saturated rings. The lowest BCUT2D eigenvalue weighted by atomic mass is 9.97. The molecule has 1 N–H and O–H groups in total. The van der Waals surface area contributed by atoms with Gasteiger partial charge in [-0.05, 0) is 61.9 Å². The number of aryl methyl sites for hydroxylation is 1. The van der Waals surface area contributed by atoms with E-state index in [2.05, 4.69) is 31.9 Å². The molecule has 1 aliphatic rings. The van der Waals surface area contributed by atoms with Gasteiger partial charge in [0.1, 0.15) is 41.6 Å². The predicted molar refractivity (Wildman–Crippen MR) is 204 cm³/mol. The second-order valence-corrected chi connectivity index (χ2v) is 14.2. The number of hydrogen-bond acceptors (Lipinski definition) is 11. The average molecular weight is 776 g/mol. The van der Waals surface area contributed by atoms with Gasteiger partial charge in [-0.25, -0.2) is 14.8 Å². The molecule has 12 nitrogen and oxygen atoms in total. The SMILES string of the molecule is [2H][C@@H](c1ccccc1OCc1ccnn1CC)[C@@H](Oc1ncnc2sc(-c3ccc(F)o3)c(-c3ccc(OCCN4CCN(C)CC4)c(Cl)c3C)c12)C(=O)O. The summed E-state index contributed by atoms with van der Waals surface area (Å²) >= 11 is 8.17. The van der Waals surface area contributed by atoms with Crippen LogP contribution in [0.15, 0.2) is 71.5 Å². The Labute approximate surface area is 322 Å². The number of benzene rings is 2. The molecule has 0 amide bonds. The zero-order valence-electron chi connectivity index (χ0n) is 31.0. The molecule has 0 radical (unpaired) electrons. The third kappa shape index (κ3) is 8.06. The number of aliphatic carboxylic acids is 1. The molecule has 54 heavy (non-hydrogen) atoms. The first-order valence-corrected chi connectivity index (χ1v) is 18.7. The van der Waals surface area contributed by atoms with E-state index in [0.29, 0.717) is 67.0 Å². The second-order valence-electron chi connectivity index (χ2n) is 12.8. The van der Waals surface area contributed by atoms with Crippen molar-refractivity contribution in [1.29, 1.82) is 0 Å². The fourth-order valence-electron chi connectivity index (χ4n) is 6.37. The van der Waals surface area contributed by atoms with Crippen molar-refractivity contribution in [3.05, 3.63) is 95.0 Å². The summed E-state index contributed by atoms with van der Waals surface area (Å²) in [5, 5.41) is 15.5. The molecular weight excluding hydrogens is 735 g/mol. The highest BCUT2D eigenvalue weighted by Gasteiger charge is 2.29. The lowest BCUT2D eigenvalue weighted by molar-refractivity contribution is -0.145. The second kappa shape index (κ2) is 16.6. The van der Waals surface area contributed by atoms with Crippen LogP contribution in [0.1, 0.15) is 25.1 Å². The third-order valence-corrected chi connectivity index (χ3v) is 10.9. The van der Waals surface area contributed by atoms with Gasteiger partial charge in [-0.1, -0.05) is 35.9 Å². The molecule has 282 valence electrons. The van der Waals surface area contributed by atoms with E-state index in [4.69, 9.17) is 31.6 Å². The van der Waals surface area contributed by atoms with E-state index in [-0.39, 0.29) is 18.2 Å². The van der Waals surface area contributed by atoms with Crippen LogP contribution in [-0.2, 0) is 24.3 Å². The standard InChI is InChI=1S/C39H40ClFN6O6S/c1-4-47-26(13-14-44-47)22-51-28-8-6-5-7-25(28)21-31(39(48)49)53-37-34-33(36(30-11-12-32(41)52-30)54-38(34)43-23-42-37)27-9-10-29(35(40)24(27)2)50-20-19-46-17-15-45(3)16-18-46/h5-14,23,31H,4,15-22H2,1-3H3,(H,48,49)/t31-/m1/s1/i21D/t21-,31+/m0. The van der Waals surface area contributed by atoms with E-state index in [1.165, 1.54) is 29.8 Å². The Balaban J connectivity index is 1.23. The molecule has 7 rings (SSSR count). The van der Waals surface area contributed by atoms with E-state index in [9.17, 15) is 14.3 Å². The molecule has 5 heterocycles. The van der Waals surface area contributed by atoms with Gasteiger partial charge in [0.2, 0.25) is 12.0 Å². The van der Waals surface area contributed by atoms with Crippen molar-refractivity contribution >= 4 is 39.1 Å². The van der Waals surface area contributed by atoms with Crippen molar-refractivity contribution in [3.63, 3.8) is 0 Å². The Hall–Kier alpha value is -5.02. The predicted octanol–water partition coefficient (Wildman–Crippen LogP) is 7.22. The number of rotatable bonds is 15. The maximum Gasteiger partial charge on any atom is 0.345 e. The normalized spacial score (nSPS) is 15.2. The van der Waals surface area contributed by atoms with Gasteiger partial charge >= 0.3 is 5.97 Å². The maximum atomic E-state index is 14.3. The minimum atomic E-state index is -1.72. The number of thiophene rings is 1. The van der Waals surface area contributed by atoms with Gasteiger partial charge in [-0.3, -0.25) is 9.58 Å². The Bertz CT molecular complexity index is 2290. The quantitative estimate of drug-likeness (QED) is 0.114. The minimum Gasteiger partial charge on any atom is -0.491 e. The largest absolute Gasteiger partial charge is 0.491 e. The molecule has 1 saturated heterocycles. The van der Waals surface area contributed by atoms with Crippen LogP contribution in [0.4, 0.5) is 4.39 Å². The number of nitrogens with zero attached hydrogens (tertiary/aromatic N) is 6. The molecule has 1 aliphatic heterocycles. The molecule has 2 atom stereocenters. The Morgan fingerprint density at radius 3 is 2.67 bits per heavy atom. The zero-order chi connectivity index (χ0) is 38.6. The third-order valence-electron chi connectivity index (χ3n) is 9.34. The van der Waals surface area contributed by atoms with Crippen LogP contribution in [0.5, 0.6) is 17.4 Å². The first kappa shape index (κ1) is 36.0. The number of carbonyl (C=O) groups is 1. The fourth-order valence-corrected chi connectivity index (χ4v) is 7.70. The van der Waals surface area contributed by atoms with Gasteiger partial charge in [0.15, 0.2) is 0 Å². The van der Waals surface area contributed by atoms with Gasteiger partial charge in [0.25, 0.3) is 6.01 Å². The van der Waals surface area contributed by atoms with Crippen LogP contribution < -0.4 is 14.2 Å². The molecule has 0 unspecified atom stereocenters. The highest BCUT2D eigenvalue weighted by molar-refractivity contribution is 7.22. The maximum absolute atomic E-state index is 14.3. The van der Waals surface area contributed by atoms with Crippen molar-refractivity contribution in [2.75, 3.05) is 46.4 Å². The Morgan fingerprint density at radius 2 is 1.91 bits per heavy atom. The Kier molecular flexibility index (Phi) is 11.0. The summed E-state index contributed by atoms with van der Waals surface area (Å²) in [7, 11) is 2.11. The summed E-state index contributed by atoms with van der Waals surface area (Å²) in [6.07, 6.45) is -0.220. The first-order valence-electron chi connectivity index (χ1n) is 18.1. The molecule has 4 aromatic heterocycles. The number of halogens is 2. The number of aromatic nitrogens is 4. The molecule has 0 saturated carbocycles. The van der Waals surface area contributed by atoms with Gasteiger partial charge in [0, 0.05) is 64.9 Å². The number of ether oxygens (including phenoxy) is 3. The topological polar surface area (TPSA) is 128 Å². The Morgan fingerprint density at radius 1 is 1.09 bits per heavy atom. The molecule has 6 aromatic rings. The summed E-state index contributed by atoms with van der Waals surface area (Å²) < 4.78 is 49.2. The van der Waals surface area contributed by atoms with E-state index < -0.39 is 24.5 Å². The number of carboxylic acids is 1. The lowest BCUT2D eigenvalue weighted by Crippen LogP contribution is -2.45. The van der Waals surface area contributed by atoms with E-state index in [1.54, 1.807) is 41.2 Å². The summed E-state index contributed by atoms with van der Waals surface area (Å²) in [4.78, 5) is 27.3.